The second-order valence-electron chi connectivity index (χ2n) is 17.2. The molecule has 5 N–H and O–H groups in total. The maximum atomic E-state index is 14.2. The number of rotatable bonds is 24. The van der Waals surface area contributed by atoms with Crippen LogP contribution in [-0.2, 0) is 34.6 Å². The van der Waals surface area contributed by atoms with Crippen LogP contribution < -0.4 is 16.0 Å². The summed E-state index contributed by atoms with van der Waals surface area (Å²) >= 11 is 0. The van der Waals surface area contributed by atoms with Crippen molar-refractivity contribution in [2.75, 3.05) is 84.5 Å². The number of nitrogens with one attached hydrogen (secondary N) is 3. The molecule has 30 heteroatoms. The topological polar surface area (TPSA) is 264 Å². The Balaban J connectivity index is 0.821. The number of urea groups is 1. The standard InChI is InChI=1S/C42H53F8N11O11/c1-23-34(59-72-58-23)38(64)57-35(24-2-4-40(43,44)5-3-24)26-18-61-33(54-26)14-25(15-52-61)28(60-19-31(42(48,49)50)56-39(60)65)21-69-12-10-67-8-6-66-7-9-68-11-13-70-22-29-37(63)36(62)27(20-71-29)53-32-17-51-16-30(55-32)41(45,46)47/h14-18,24,27-29,31,35-37,62-63H,2-13,19-22H2,1H3,(H,53,55)(H,56,65)(H,57,64)/t27-,28+,29+,31-,35-,36+,37-/m0/s1. The van der Waals surface area contributed by atoms with Crippen LogP contribution in [0, 0.1) is 12.8 Å². The number of nitrogens with zero attached hydrogens (tertiary/aromatic N) is 8. The van der Waals surface area contributed by atoms with Crippen molar-refractivity contribution in [3.63, 3.8) is 0 Å². The Morgan fingerprint density at radius 1 is 0.917 bits per heavy atom. The lowest BCUT2D eigenvalue weighted by Crippen LogP contribution is -2.57. The van der Waals surface area contributed by atoms with Gasteiger partial charge in [0, 0.05) is 18.4 Å². The first kappa shape index (κ1) is 54.3. The fourth-order valence-corrected chi connectivity index (χ4v) is 8.19. The van der Waals surface area contributed by atoms with Crippen molar-refractivity contribution in [2.24, 2.45) is 5.92 Å². The molecule has 1 aliphatic carbocycles. The first-order valence-corrected chi connectivity index (χ1v) is 22.8. The van der Waals surface area contributed by atoms with Gasteiger partial charge < -0.3 is 59.5 Å². The van der Waals surface area contributed by atoms with E-state index in [0.29, 0.717) is 6.20 Å². The van der Waals surface area contributed by atoms with E-state index >= 15 is 0 Å². The second-order valence-corrected chi connectivity index (χ2v) is 17.2. The number of ether oxygens (including phenoxy) is 6. The summed E-state index contributed by atoms with van der Waals surface area (Å²) in [7, 11) is 0. The van der Waals surface area contributed by atoms with Crippen molar-refractivity contribution in [1.29, 1.82) is 0 Å². The van der Waals surface area contributed by atoms with E-state index in [2.05, 4.69) is 45.6 Å². The predicted molar refractivity (Wildman–Crippen MR) is 227 cm³/mol. The number of aliphatic hydroxyl groups is 2. The lowest BCUT2D eigenvalue weighted by atomic mass is 9.81. The Hall–Kier alpha value is -5.50. The summed E-state index contributed by atoms with van der Waals surface area (Å²) in [6.45, 7) is 1.29. The SMILES string of the molecule is Cc1nonc1C(=O)N[C@H](c1cn2ncc([C@@H](COCCOCCOCCOCCOC[C@H]3OC[C@H](Nc4cncc(C(F)(F)F)n4)[C@@H](O)[C@H]3O)N3C[C@@H](C(F)(F)F)NC3=O)cc2n1)C1CCC(F)(F)CC1. The summed E-state index contributed by atoms with van der Waals surface area (Å²) in [6, 6.07) is -4.52. The Morgan fingerprint density at radius 2 is 1.58 bits per heavy atom. The summed E-state index contributed by atoms with van der Waals surface area (Å²) in [5.74, 6) is -4.22. The smallest absolute Gasteiger partial charge is 0.388 e. The number of aliphatic hydroxyl groups excluding tert-OH is 2. The van der Waals surface area contributed by atoms with Gasteiger partial charge in [-0.15, -0.1) is 0 Å². The van der Waals surface area contributed by atoms with Gasteiger partial charge in [-0.05, 0) is 36.9 Å². The van der Waals surface area contributed by atoms with E-state index in [1.165, 1.54) is 29.9 Å². The van der Waals surface area contributed by atoms with Crippen LogP contribution in [0.15, 0.2) is 35.5 Å². The molecule has 7 atom stereocenters. The number of carbonyl (C=O) groups is 2. The average Bonchev–Trinajstić information content (AvgIpc) is 4.08. The third-order valence-electron chi connectivity index (χ3n) is 12.1. The van der Waals surface area contributed by atoms with Crippen LogP contribution in [0.3, 0.4) is 0 Å². The quantitative estimate of drug-likeness (QED) is 0.0498. The normalized spacial score (nSPS) is 22.8. The molecule has 0 bridgehead atoms. The lowest BCUT2D eigenvalue weighted by molar-refractivity contribution is -0.161. The van der Waals surface area contributed by atoms with Crippen molar-refractivity contribution in [2.45, 2.75) is 93.4 Å². The highest BCUT2D eigenvalue weighted by Crippen LogP contribution is 2.42. The van der Waals surface area contributed by atoms with Crippen molar-refractivity contribution in [1.82, 2.24) is 50.4 Å². The molecular formula is C42H53F8N11O11. The van der Waals surface area contributed by atoms with E-state index in [9.17, 15) is 54.9 Å². The van der Waals surface area contributed by atoms with Crippen LogP contribution in [0.4, 0.5) is 45.7 Å². The van der Waals surface area contributed by atoms with Gasteiger partial charge in [0.15, 0.2) is 17.0 Å². The first-order valence-electron chi connectivity index (χ1n) is 22.8. The number of imidazole rings is 1. The highest BCUT2D eigenvalue weighted by molar-refractivity contribution is 5.93. The highest BCUT2D eigenvalue weighted by Gasteiger charge is 2.49. The number of hydrogen-bond acceptors (Lipinski definition) is 18. The van der Waals surface area contributed by atoms with Gasteiger partial charge in [-0.25, -0.2) is 32.7 Å². The van der Waals surface area contributed by atoms with Crippen molar-refractivity contribution >= 4 is 23.4 Å². The lowest BCUT2D eigenvalue weighted by Gasteiger charge is -2.38. The largest absolute Gasteiger partial charge is 0.434 e. The van der Waals surface area contributed by atoms with Crippen LogP contribution in [0.25, 0.3) is 5.65 Å². The molecule has 0 radical (unpaired) electrons. The molecule has 3 fully saturated rings. The summed E-state index contributed by atoms with van der Waals surface area (Å²) in [5, 5.41) is 40.0. The molecule has 22 nitrogen and oxygen atoms in total. The van der Waals surface area contributed by atoms with Crippen LogP contribution in [0.5, 0.6) is 0 Å². The van der Waals surface area contributed by atoms with E-state index < -0.39 is 104 Å². The summed E-state index contributed by atoms with van der Waals surface area (Å²) < 4.78 is 148. The molecule has 72 heavy (non-hydrogen) atoms. The van der Waals surface area contributed by atoms with Crippen molar-refractivity contribution in [3.05, 3.63) is 59.2 Å². The minimum absolute atomic E-state index is 0.0162. The molecule has 4 aromatic rings. The molecule has 0 unspecified atom stereocenters. The van der Waals surface area contributed by atoms with Gasteiger partial charge >= 0.3 is 18.4 Å². The van der Waals surface area contributed by atoms with E-state index in [0.717, 1.165) is 11.1 Å². The van der Waals surface area contributed by atoms with Gasteiger partial charge in [0.1, 0.15) is 35.9 Å². The van der Waals surface area contributed by atoms with Gasteiger partial charge in [0.25, 0.3) is 5.91 Å². The fourth-order valence-electron chi connectivity index (χ4n) is 8.19. The van der Waals surface area contributed by atoms with E-state index in [1.54, 1.807) is 0 Å². The molecular weight excluding hydrogens is 987 g/mol. The van der Waals surface area contributed by atoms with Gasteiger partial charge in [-0.3, -0.25) is 9.78 Å². The molecule has 6 heterocycles. The molecule has 4 aromatic heterocycles. The molecule has 398 valence electrons. The van der Waals surface area contributed by atoms with Crippen LogP contribution >= 0.6 is 0 Å². The number of halogens is 8. The molecule has 2 aliphatic heterocycles. The van der Waals surface area contributed by atoms with E-state index in [1.807, 2.05) is 5.32 Å². The zero-order valence-corrected chi connectivity index (χ0v) is 38.5. The van der Waals surface area contributed by atoms with E-state index in [4.69, 9.17) is 28.4 Å². The molecule has 0 aromatic carbocycles. The first-order chi connectivity index (χ1) is 34.3. The molecule has 3 amide bonds. The van der Waals surface area contributed by atoms with Gasteiger partial charge in [-0.2, -0.15) is 31.4 Å². The molecule has 2 saturated heterocycles. The molecule has 3 aliphatic rings. The van der Waals surface area contributed by atoms with Gasteiger partial charge in [0.2, 0.25) is 5.92 Å². The zero-order chi connectivity index (χ0) is 51.6. The highest BCUT2D eigenvalue weighted by atomic mass is 19.4. The maximum Gasteiger partial charge on any atom is 0.434 e. The van der Waals surface area contributed by atoms with Gasteiger partial charge in [0.05, 0.1) is 128 Å². The number of amides is 3. The summed E-state index contributed by atoms with van der Waals surface area (Å²) in [5.41, 5.74) is -0.363. The summed E-state index contributed by atoms with van der Waals surface area (Å²) in [4.78, 5) is 38.8. The average molecular weight is 1040 g/mol. The second kappa shape index (κ2) is 24.0. The Bertz CT molecular complexity index is 2390. The number of fused-ring (bicyclic) bond motifs is 1. The Labute approximate surface area is 404 Å². The third kappa shape index (κ3) is 14.4. The Kier molecular flexibility index (Phi) is 18.1. The number of alkyl halides is 8. The zero-order valence-electron chi connectivity index (χ0n) is 38.5. The van der Waals surface area contributed by atoms with Gasteiger partial charge in [-0.1, -0.05) is 5.16 Å². The number of aryl methyl sites for hydroxylation is 1. The van der Waals surface area contributed by atoms with E-state index in [-0.39, 0.29) is 120 Å². The van der Waals surface area contributed by atoms with Crippen LogP contribution in [0.1, 0.15) is 70.9 Å². The third-order valence-corrected chi connectivity index (χ3v) is 12.1. The minimum Gasteiger partial charge on any atom is -0.388 e. The van der Waals surface area contributed by atoms with Crippen molar-refractivity contribution < 1.29 is 88.0 Å². The molecule has 0 spiro atoms. The number of carbonyl (C=O) groups excluding carboxylic acids is 2. The van der Waals surface area contributed by atoms with Crippen molar-refractivity contribution in [3.8, 4) is 0 Å². The van der Waals surface area contributed by atoms with Crippen LogP contribution in [0.2, 0.25) is 0 Å². The summed E-state index contributed by atoms with van der Waals surface area (Å²) in [6.07, 6.45) is -9.40. The minimum atomic E-state index is -4.73. The Morgan fingerprint density at radius 3 is 2.21 bits per heavy atom. The number of anilines is 1. The molecule has 7 rings (SSSR count). The number of hydrogen-bond donors (Lipinski definition) is 5. The number of aromatic nitrogens is 7. The predicted octanol–water partition coefficient (Wildman–Crippen LogP) is 3.21. The molecule has 1 saturated carbocycles. The monoisotopic (exact) mass is 1040 g/mol. The fraction of sp³-hybridized carbons (Fsp3) is 0.667. The van der Waals surface area contributed by atoms with Crippen LogP contribution in [-0.4, -0.2) is 184 Å². The maximum absolute atomic E-state index is 14.2.